The molecule has 1 aromatic heterocycles. The van der Waals surface area contributed by atoms with E-state index in [4.69, 9.17) is 5.11 Å². The maximum Gasteiger partial charge on any atom is 0.115 e. The molecule has 0 aliphatic rings. The van der Waals surface area contributed by atoms with Gasteiger partial charge >= 0.3 is 0 Å². The van der Waals surface area contributed by atoms with Gasteiger partial charge in [0.15, 0.2) is 0 Å². The van der Waals surface area contributed by atoms with Crippen molar-refractivity contribution in [2.45, 2.75) is 18.9 Å². The lowest BCUT2D eigenvalue weighted by Crippen LogP contribution is -2.09. The van der Waals surface area contributed by atoms with Gasteiger partial charge in [0.25, 0.3) is 0 Å². The molecule has 0 aliphatic carbocycles. The van der Waals surface area contributed by atoms with Gasteiger partial charge in [-0.15, -0.1) is 11.3 Å². The SMILES string of the molecule is OC(CF)CCc1nc2ccccc2s1. The second kappa shape index (κ2) is 4.68. The molecule has 0 fully saturated rings. The molecule has 4 heteroatoms. The number of alkyl halides is 1. The summed E-state index contributed by atoms with van der Waals surface area (Å²) in [6.07, 6.45) is 0.234. The zero-order chi connectivity index (χ0) is 10.7. The molecular weight excluding hydrogens is 213 g/mol. The lowest BCUT2D eigenvalue weighted by Gasteiger charge is -2.02. The van der Waals surface area contributed by atoms with Crippen LogP contribution in [0.5, 0.6) is 0 Å². The second-order valence-corrected chi connectivity index (χ2v) is 4.54. The van der Waals surface area contributed by atoms with Crippen LogP contribution in [-0.2, 0) is 6.42 Å². The molecule has 0 saturated carbocycles. The van der Waals surface area contributed by atoms with Crippen LogP contribution < -0.4 is 0 Å². The molecular formula is C11H12FNOS. The Morgan fingerprint density at radius 1 is 1.40 bits per heavy atom. The number of para-hydroxylation sites is 1. The Labute approximate surface area is 91.4 Å². The van der Waals surface area contributed by atoms with Crippen LogP contribution in [0.4, 0.5) is 4.39 Å². The monoisotopic (exact) mass is 225 g/mol. The van der Waals surface area contributed by atoms with E-state index in [9.17, 15) is 4.39 Å². The van der Waals surface area contributed by atoms with E-state index in [0.717, 1.165) is 15.2 Å². The third-order valence-corrected chi connectivity index (χ3v) is 3.30. The molecule has 1 atom stereocenters. The standard InChI is InChI=1S/C11H12FNOS/c12-7-8(14)5-6-11-13-9-3-1-2-4-10(9)15-11/h1-4,8,14H,5-7H2. The molecule has 0 spiro atoms. The zero-order valence-electron chi connectivity index (χ0n) is 8.19. The minimum atomic E-state index is -0.850. The van der Waals surface area contributed by atoms with E-state index in [1.165, 1.54) is 0 Å². The number of thiazole rings is 1. The minimum Gasteiger partial charge on any atom is -0.390 e. The molecule has 0 radical (unpaired) electrons. The van der Waals surface area contributed by atoms with Crippen molar-refractivity contribution >= 4 is 21.6 Å². The smallest absolute Gasteiger partial charge is 0.115 e. The van der Waals surface area contributed by atoms with Gasteiger partial charge in [0, 0.05) is 6.42 Å². The van der Waals surface area contributed by atoms with E-state index >= 15 is 0 Å². The summed E-state index contributed by atoms with van der Waals surface area (Å²) in [5.74, 6) is 0. The Bertz CT molecular complexity index is 410. The summed E-state index contributed by atoms with van der Waals surface area (Å²) in [5.41, 5.74) is 0.979. The van der Waals surface area contributed by atoms with Crippen molar-refractivity contribution in [2.24, 2.45) is 0 Å². The predicted octanol–water partition coefficient (Wildman–Crippen LogP) is 2.56. The minimum absolute atomic E-state index is 0.441. The van der Waals surface area contributed by atoms with Crippen molar-refractivity contribution < 1.29 is 9.50 Å². The van der Waals surface area contributed by atoms with Crippen LogP contribution in [0.25, 0.3) is 10.2 Å². The topological polar surface area (TPSA) is 33.1 Å². The van der Waals surface area contributed by atoms with E-state index in [0.29, 0.717) is 12.8 Å². The van der Waals surface area contributed by atoms with E-state index in [1.54, 1.807) is 11.3 Å². The molecule has 0 aliphatic heterocycles. The second-order valence-electron chi connectivity index (χ2n) is 3.42. The van der Waals surface area contributed by atoms with Crippen LogP contribution in [0.1, 0.15) is 11.4 Å². The van der Waals surface area contributed by atoms with E-state index in [2.05, 4.69) is 4.98 Å². The summed E-state index contributed by atoms with van der Waals surface area (Å²) in [7, 11) is 0. The van der Waals surface area contributed by atoms with Gasteiger partial charge < -0.3 is 5.11 Å². The molecule has 2 rings (SSSR count). The number of hydrogen-bond donors (Lipinski definition) is 1. The summed E-state index contributed by atoms with van der Waals surface area (Å²) < 4.78 is 13.2. The van der Waals surface area contributed by atoms with Gasteiger partial charge in [-0.3, -0.25) is 0 Å². The first-order valence-electron chi connectivity index (χ1n) is 4.88. The largest absolute Gasteiger partial charge is 0.390 e. The number of halogens is 1. The van der Waals surface area contributed by atoms with Crippen molar-refractivity contribution in [1.82, 2.24) is 4.98 Å². The zero-order valence-corrected chi connectivity index (χ0v) is 9.01. The third-order valence-electron chi connectivity index (χ3n) is 2.21. The Kier molecular flexibility index (Phi) is 3.28. The van der Waals surface area contributed by atoms with Gasteiger partial charge in [-0.1, -0.05) is 12.1 Å². The summed E-state index contributed by atoms with van der Waals surface area (Å²) >= 11 is 1.61. The van der Waals surface area contributed by atoms with Crippen LogP contribution in [0, 0.1) is 0 Å². The van der Waals surface area contributed by atoms with Gasteiger partial charge in [-0.2, -0.15) is 0 Å². The van der Waals surface area contributed by atoms with Crippen molar-refractivity contribution in [3.63, 3.8) is 0 Å². The first-order chi connectivity index (χ1) is 7.29. The molecule has 1 unspecified atom stereocenters. The lowest BCUT2D eigenvalue weighted by molar-refractivity contribution is 0.131. The molecule has 1 N–H and O–H groups in total. The van der Waals surface area contributed by atoms with Gasteiger partial charge in [-0.05, 0) is 18.6 Å². The normalized spacial score (nSPS) is 13.2. The van der Waals surface area contributed by atoms with Gasteiger partial charge in [0.2, 0.25) is 0 Å². The maximum absolute atomic E-state index is 12.0. The fourth-order valence-electron chi connectivity index (χ4n) is 1.39. The fourth-order valence-corrected chi connectivity index (χ4v) is 2.38. The number of hydrogen-bond acceptors (Lipinski definition) is 3. The third kappa shape index (κ3) is 2.52. The summed E-state index contributed by atoms with van der Waals surface area (Å²) in [5, 5.41) is 10.1. The maximum atomic E-state index is 12.0. The number of benzene rings is 1. The average molecular weight is 225 g/mol. The molecule has 1 aromatic carbocycles. The van der Waals surface area contributed by atoms with E-state index < -0.39 is 12.8 Å². The lowest BCUT2D eigenvalue weighted by atomic mass is 10.2. The number of aromatic nitrogens is 1. The predicted molar refractivity (Wildman–Crippen MR) is 59.9 cm³/mol. The molecule has 2 aromatic rings. The number of aliphatic hydroxyl groups is 1. The fraction of sp³-hybridized carbons (Fsp3) is 0.364. The van der Waals surface area contributed by atoms with Crippen molar-refractivity contribution in [2.75, 3.05) is 6.67 Å². The summed E-state index contributed by atoms with van der Waals surface area (Å²) in [6, 6.07) is 7.89. The van der Waals surface area contributed by atoms with Crippen LogP contribution in [0.15, 0.2) is 24.3 Å². The molecule has 0 amide bonds. The average Bonchev–Trinajstić information content (AvgIpc) is 2.68. The number of fused-ring (bicyclic) bond motifs is 1. The Balaban J connectivity index is 2.09. The van der Waals surface area contributed by atoms with Crippen molar-refractivity contribution in [3.05, 3.63) is 29.3 Å². The van der Waals surface area contributed by atoms with E-state index in [1.807, 2.05) is 24.3 Å². The quantitative estimate of drug-likeness (QED) is 0.867. The van der Waals surface area contributed by atoms with Crippen molar-refractivity contribution in [3.8, 4) is 0 Å². The molecule has 0 saturated heterocycles. The first-order valence-corrected chi connectivity index (χ1v) is 5.69. The van der Waals surface area contributed by atoms with Gasteiger partial charge in [-0.25, -0.2) is 9.37 Å². The van der Waals surface area contributed by atoms with Crippen LogP contribution in [-0.4, -0.2) is 22.9 Å². The first kappa shape index (κ1) is 10.5. The highest BCUT2D eigenvalue weighted by Crippen LogP contribution is 2.22. The summed E-state index contributed by atoms with van der Waals surface area (Å²) in [4.78, 5) is 4.40. The Morgan fingerprint density at radius 3 is 2.93 bits per heavy atom. The van der Waals surface area contributed by atoms with Crippen molar-refractivity contribution in [1.29, 1.82) is 0 Å². The summed E-state index contributed by atoms with van der Waals surface area (Å²) in [6.45, 7) is -0.676. The highest BCUT2D eigenvalue weighted by molar-refractivity contribution is 7.18. The highest BCUT2D eigenvalue weighted by atomic mass is 32.1. The van der Waals surface area contributed by atoms with Gasteiger partial charge in [0.1, 0.15) is 6.67 Å². The van der Waals surface area contributed by atoms with Crippen LogP contribution in [0.3, 0.4) is 0 Å². The molecule has 1 heterocycles. The van der Waals surface area contributed by atoms with E-state index in [-0.39, 0.29) is 0 Å². The Hall–Kier alpha value is -1.00. The number of rotatable bonds is 4. The number of aliphatic hydroxyl groups excluding tert-OH is 1. The Morgan fingerprint density at radius 2 is 2.20 bits per heavy atom. The molecule has 0 bridgehead atoms. The molecule has 80 valence electrons. The molecule has 15 heavy (non-hydrogen) atoms. The number of nitrogens with zero attached hydrogens (tertiary/aromatic N) is 1. The molecule has 2 nitrogen and oxygen atoms in total. The highest BCUT2D eigenvalue weighted by Gasteiger charge is 2.07. The van der Waals surface area contributed by atoms with Crippen LogP contribution >= 0.6 is 11.3 Å². The van der Waals surface area contributed by atoms with Gasteiger partial charge in [0.05, 0.1) is 21.3 Å². The number of aryl methyl sites for hydroxylation is 1. The van der Waals surface area contributed by atoms with Crippen LogP contribution in [0.2, 0.25) is 0 Å².